The van der Waals surface area contributed by atoms with E-state index < -0.39 is 0 Å². The minimum Gasteiger partial charge on any atom is -0.0683 e. The molecule has 0 nitrogen and oxygen atoms in total. The summed E-state index contributed by atoms with van der Waals surface area (Å²) in [7, 11) is 0. The molecule has 7 aromatic carbocycles. The second-order valence-electron chi connectivity index (χ2n) is 11.9. The summed E-state index contributed by atoms with van der Waals surface area (Å²) < 4.78 is 0. The molecule has 4 aliphatic rings. The standard InChI is InChI=1S/C38H22.3C2H6/c1-3-10-25-19(6-1)12-23-16-29-27-14-21-8-5-9-22-15-28(36(27)33(21)22)30-17-24-13-20-7-2-4-11-26(20)32-18-31(25)34(23)38(35(24)32)37(29)30;3*1-2/h1-11,16-18H,12-15H2;3*1-2H3. The lowest BCUT2D eigenvalue weighted by Gasteiger charge is -2.30. The van der Waals surface area contributed by atoms with Gasteiger partial charge in [0.25, 0.3) is 0 Å². The van der Waals surface area contributed by atoms with Gasteiger partial charge in [-0.15, -0.1) is 0 Å². The lowest BCUT2D eigenvalue weighted by molar-refractivity contribution is 1.18. The van der Waals surface area contributed by atoms with Crippen LogP contribution < -0.4 is 0 Å². The number of fused-ring (bicyclic) bond motifs is 6. The number of hydrogen-bond donors (Lipinski definition) is 0. The summed E-state index contributed by atoms with van der Waals surface area (Å²) >= 11 is 0. The molecule has 0 bridgehead atoms. The predicted molar refractivity (Wildman–Crippen MR) is 192 cm³/mol. The molecular formula is C44H40. The van der Waals surface area contributed by atoms with Crippen molar-refractivity contribution in [3.8, 4) is 33.4 Å². The second kappa shape index (κ2) is 10.1. The van der Waals surface area contributed by atoms with Crippen LogP contribution in [0.1, 0.15) is 86.1 Å². The van der Waals surface area contributed by atoms with Gasteiger partial charge in [-0.25, -0.2) is 0 Å². The van der Waals surface area contributed by atoms with E-state index in [9.17, 15) is 0 Å². The maximum absolute atomic E-state index is 2.60. The lowest BCUT2D eigenvalue weighted by atomic mass is 9.73. The molecule has 216 valence electrons. The summed E-state index contributed by atoms with van der Waals surface area (Å²) in [4.78, 5) is 0. The molecule has 44 heavy (non-hydrogen) atoms. The maximum atomic E-state index is 2.60. The van der Waals surface area contributed by atoms with E-state index in [0.717, 1.165) is 25.7 Å². The van der Waals surface area contributed by atoms with Gasteiger partial charge in [-0.3, -0.25) is 0 Å². The molecule has 0 fully saturated rings. The van der Waals surface area contributed by atoms with Gasteiger partial charge in [0.15, 0.2) is 0 Å². The van der Waals surface area contributed by atoms with Crippen LogP contribution in [0.2, 0.25) is 0 Å². The van der Waals surface area contributed by atoms with Crippen molar-refractivity contribution in [1.29, 1.82) is 0 Å². The number of benzene rings is 7. The highest BCUT2D eigenvalue weighted by Crippen LogP contribution is 2.57. The van der Waals surface area contributed by atoms with Crippen molar-refractivity contribution in [2.45, 2.75) is 67.2 Å². The van der Waals surface area contributed by atoms with Crippen LogP contribution in [0.5, 0.6) is 0 Å². The Labute approximate surface area is 261 Å². The fourth-order valence-corrected chi connectivity index (χ4v) is 8.89. The number of hydrogen-bond acceptors (Lipinski definition) is 0. The van der Waals surface area contributed by atoms with Gasteiger partial charge in [-0.05, 0) is 154 Å². The van der Waals surface area contributed by atoms with E-state index in [4.69, 9.17) is 0 Å². The van der Waals surface area contributed by atoms with E-state index >= 15 is 0 Å². The molecule has 11 rings (SSSR count). The van der Waals surface area contributed by atoms with Crippen LogP contribution in [0, 0.1) is 0 Å². The van der Waals surface area contributed by atoms with Gasteiger partial charge in [0.1, 0.15) is 0 Å². The molecule has 0 radical (unpaired) electrons. The van der Waals surface area contributed by atoms with Crippen molar-refractivity contribution in [2.75, 3.05) is 0 Å². The zero-order chi connectivity index (χ0) is 30.3. The van der Waals surface area contributed by atoms with Crippen LogP contribution in [0.25, 0.3) is 65.7 Å². The van der Waals surface area contributed by atoms with E-state index in [-0.39, 0.29) is 0 Å². The van der Waals surface area contributed by atoms with Gasteiger partial charge in [-0.2, -0.15) is 0 Å². The van der Waals surface area contributed by atoms with E-state index in [2.05, 4.69) is 84.9 Å². The van der Waals surface area contributed by atoms with Gasteiger partial charge >= 0.3 is 0 Å². The van der Waals surface area contributed by atoms with Gasteiger partial charge in [0, 0.05) is 0 Å². The average Bonchev–Trinajstić information content (AvgIpc) is 3.69. The zero-order valence-electron chi connectivity index (χ0n) is 26.9. The normalized spacial score (nSPS) is 13.3. The quantitative estimate of drug-likeness (QED) is 0.160. The molecule has 7 aromatic rings. The van der Waals surface area contributed by atoms with Crippen molar-refractivity contribution in [3.05, 3.63) is 129 Å². The molecule has 0 amide bonds. The van der Waals surface area contributed by atoms with E-state index in [0.29, 0.717) is 0 Å². The SMILES string of the molecule is CC.CC.CC.c1ccc2c(c1)Cc1cc3c4c5c(c6cc7c8c(cc-2c1c8c36)-c1ccccc1C7)Cc1cccc(c1-5)C4. The zero-order valence-corrected chi connectivity index (χ0v) is 26.9. The second-order valence-corrected chi connectivity index (χ2v) is 11.9. The van der Waals surface area contributed by atoms with Crippen molar-refractivity contribution in [1.82, 2.24) is 0 Å². The molecule has 0 atom stereocenters. The Balaban J connectivity index is 0.000000457. The Hall–Kier alpha value is -4.42. The summed E-state index contributed by atoms with van der Waals surface area (Å²) in [5, 5.41) is 9.13. The summed E-state index contributed by atoms with van der Waals surface area (Å²) in [6, 6.07) is 33.0. The monoisotopic (exact) mass is 568 g/mol. The van der Waals surface area contributed by atoms with Crippen molar-refractivity contribution < 1.29 is 0 Å². The first-order chi connectivity index (χ1) is 21.8. The first kappa shape index (κ1) is 27.2. The van der Waals surface area contributed by atoms with Crippen molar-refractivity contribution in [2.24, 2.45) is 0 Å². The summed E-state index contributed by atoms with van der Waals surface area (Å²) in [6.07, 6.45) is 4.19. The first-order valence-electron chi connectivity index (χ1n) is 17.0. The van der Waals surface area contributed by atoms with E-state index in [1.165, 1.54) is 82.6 Å². The maximum Gasteiger partial charge on any atom is -0.000706 e. The van der Waals surface area contributed by atoms with Crippen LogP contribution in [-0.2, 0) is 25.7 Å². The smallest absolute Gasteiger partial charge is 0.000706 e. The highest BCUT2D eigenvalue weighted by atomic mass is 14.4. The Kier molecular flexibility index (Phi) is 6.21. The molecule has 0 N–H and O–H groups in total. The predicted octanol–water partition coefficient (Wildman–Crippen LogP) is 12.3. The topological polar surface area (TPSA) is 0 Å². The van der Waals surface area contributed by atoms with Gasteiger partial charge in [0.2, 0.25) is 0 Å². The summed E-state index contributed by atoms with van der Waals surface area (Å²) in [5.74, 6) is 0. The van der Waals surface area contributed by atoms with Gasteiger partial charge in [-0.1, -0.05) is 108 Å². The van der Waals surface area contributed by atoms with Crippen molar-refractivity contribution in [3.63, 3.8) is 0 Å². The lowest BCUT2D eigenvalue weighted by Crippen LogP contribution is -2.08. The molecule has 0 heteroatoms. The first-order valence-corrected chi connectivity index (χ1v) is 17.0. The molecule has 0 heterocycles. The van der Waals surface area contributed by atoms with Crippen LogP contribution >= 0.6 is 0 Å². The Morgan fingerprint density at radius 3 is 1.30 bits per heavy atom. The Morgan fingerprint density at radius 1 is 0.341 bits per heavy atom. The molecule has 0 saturated carbocycles. The minimum atomic E-state index is 1.02. The molecule has 0 aromatic heterocycles. The third-order valence-corrected chi connectivity index (χ3v) is 10.2. The summed E-state index contributed by atoms with van der Waals surface area (Å²) in [5.41, 5.74) is 21.0. The van der Waals surface area contributed by atoms with Gasteiger partial charge < -0.3 is 0 Å². The van der Waals surface area contributed by atoms with Crippen LogP contribution in [0.3, 0.4) is 0 Å². The third-order valence-electron chi connectivity index (χ3n) is 10.2. The molecule has 4 aliphatic carbocycles. The summed E-state index contributed by atoms with van der Waals surface area (Å²) in [6.45, 7) is 12.0. The molecule has 0 spiro atoms. The number of rotatable bonds is 0. The molecule has 0 aliphatic heterocycles. The fourth-order valence-electron chi connectivity index (χ4n) is 8.89. The molecule has 0 unspecified atom stereocenters. The van der Waals surface area contributed by atoms with Crippen LogP contribution in [-0.4, -0.2) is 0 Å². The largest absolute Gasteiger partial charge is 0.0683 e. The highest BCUT2D eigenvalue weighted by Gasteiger charge is 2.35. The fraction of sp³-hybridized carbons (Fsp3) is 0.227. The Morgan fingerprint density at radius 2 is 0.795 bits per heavy atom. The van der Waals surface area contributed by atoms with Crippen LogP contribution in [0.15, 0.2) is 84.9 Å². The molecule has 0 saturated heterocycles. The Bertz CT molecular complexity index is 2130. The van der Waals surface area contributed by atoms with Gasteiger partial charge in [0.05, 0.1) is 0 Å². The highest BCUT2D eigenvalue weighted by molar-refractivity contribution is 6.33. The van der Waals surface area contributed by atoms with E-state index in [1.807, 2.05) is 41.5 Å². The molecular weight excluding hydrogens is 528 g/mol. The third kappa shape index (κ3) is 3.29. The van der Waals surface area contributed by atoms with Crippen molar-refractivity contribution >= 4 is 32.3 Å². The van der Waals surface area contributed by atoms with E-state index in [1.54, 1.807) is 27.6 Å². The van der Waals surface area contributed by atoms with Crippen LogP contribution in [0.4, 0.5) is 0 Å². The average molecular weight is 569 g/mol. The minimum absolute atomic E-state index is 1.02.